The van der Waals surface area contributed by atoms with Crippen molar-refractivity contribution >= 4 is 17.2 Å². The van der Waals surface area contributed by atoms with Gasteiger partial charge >= 0.3 is 0 Å². The Hall–Kier alpha value is -0.940. The van der Waals surface area contributed by atoms with Gasteiger partial charge in [0.2, 0.25) is 5.91 Å². The number of rotatable bonds is 5. The number of aryl methyl sites for hydroxylation is 1. The van der Waals surface area contributed by atoms with Crippen LogP contribution in [0.5, 0.6) is 0 Å². The molecule has 0 aliphatic rings. The third-order valence-electron chi connectivity index (χ3n) is 2.76. The van der Waals surface area contributed by atoms with Gasteiger partial charge in [-0.25, -0.2) is 4.98 Å². The number of carbonyl (C=O) groups excluding carboxylic acids is 1. The van der Waals surface area contributed by atoms with Crippen molar-refractivity contribution in [1.82, 2.24) is 10.3 Å². The van der Waals surface area contributed by atoms with E-state index in [4.69, 9.17) is 5.73 Å². The molecule has 1 atom stereocenters. The van der Waals surface area contributed by atoms with Gasteiger partial charge in [-0.3, -0.25) is 4.79 Å². The molecule has 17 heavy (non-hydrogen) atoms. The molecule has 0 fully saturated rings. The summed E-state index contributed by atoms with van der Waals surface area (Å²) in [5.41, 5.74) is 5.04. The Morgan fingerprint density at radius 3 is 2.76 bits per heavy atom. The van der Waals surface area contributed by atoms with Crippen molar-refractivity contribution in [2.45, 2.75) is 40.2 Å². The summed E-state index contributed by atoms with van der Waals surface area (Å²) < 4.78 is 0. The van der Waals surface area contributed by atoms with Gasteiger partial charge < -0.3 is 11.1 Å². The zero-order chi connectivity index (χ0) is 13.1. The van der Waals surface area contributed by atoms with Crippen molar-refractivity contribution in [3.63, 3.8) is 0 Å². The van der Waals surface area contributed by atoms with Crippen molar-refractivity contribution < 1.29 is 4.79 Å². The number of amides is 1. The molecule has 0 radical (unpaired) electrons. The topological polar surface area (TPSA) is 68.0 Å². The minimum atomic E-state index is -0.529. The van der Waals surface area contributed by atoms with Gasteiger partial charge in [0.15, 0.2) is 0 Å². The first-order valence-corrected chi connectivity index (χ1v) is 6.68. The van der Waals surface area contributed by atoms with E-state index in [1.165, 1.54) is 4.88 Å². The van der Waals surface area contributed by atoms with Crippen LogP contribution < -0.4 is 11.1 Å². The molecule has 1 aromatic heterocycles. The van der Waals surface area contributed by atoms with E-state index in [1.54, 1.807) is 11.3 Å². The molecule has 1 rings (SSSR count). The number of nitrogens with one attached hydrogen (secondary N) is 1. The van der Waals surface area contributed by atoms with E-state index in [0.29, 0.717) is 6.54 Å². The van der Waals surface area contributed by atoms with E-state index in [0.717, 1.165) is 11.4 Å². The average molecular weight is 255 g/mol. The Kier molecular flexibility index (Phi) is 4.65. The van der Waals surface area contributed by atoms with Gasteiger partial charge in [0.1, 0.15) is 5.01 Å². The van der Waals surface area contributed by atoms with E-state index in [9.17, 15) is 4.79 Å². The van der Waals surface area contributed by atoms with Crippen molar-refractivity contribution in [2.75, 3.05) is 6.54 Å². The number of hydrogen-bond acceptors (Lipinski definition) is 4. The van der Waals surface area contributed by atoms with Gasteiger partial charge in [0.25, 0.3) is 0 Å². The van der Waals surface area contributed by atoms with Crippen LogP contribution in [-0.2, 0) is 11.2 Å². The van der Waals surface area contributed by atoms with Crippen LogP contribution in [0.2, 0.25) is 0 Å². The minimum absolute atomic E-state index is 0.0271. The molecule has 0 saturated carbocycles. The molecule has 5 heteroatoms. The summed E-state index contributed by atoms with van der Waals surface area (Å²) >= 11 is 1.64. The van der Waals surface area contributed by atoms with Crippen LogP contribution in [0.4, 0.5) is 0 Å². The third kappa shape index (κ3) is 3.51. The van der Waals surface area contributed by atoms with Crippen molar-refractivity contribution in [3.8, 4) is 0 Å². The zero-order valence-electron chi connectivity index (χ0n) is 10.9. The quantitative estimate of drug-likeness (QED) is 0.844. The number of nitrogens with zero attached hydrogens (tertiary/aromatic N) is 1. The molecule has 1 unspecified atom stereocenters. The highest BCUT2D eigenvalue weighted by Crippen LogP contribution is 2.22. The summed E-state index contributed by atoms with van der Waals surface area (Å²) in [7, 11) is 0. The molecule has 1 amide bonds. The highest BCUT2D eigenvalue weighted by molar-refractivity contribution is 7.11. The molecule has 0 saturated heterocycles. The Labute approximate surface area is 107 Å². The van der Waals surface area contributed by atoms with Gasteiger partial charge in [-0.1, -0.05) is 6.92 Å². The summed E-state index contributed by atoms with van der Waals surface area (Å²) in [6.45, 7) is 8.06. The maximum atomic E-state index is 11.9. The summed E-state index contributed by atoms with van der Waals surface area (Å²) in [5, 5.41) is 3.90. The first-order valence-electron chi connectivity index (χ1n) is 5.86. The van der Waals surface area contributed by atoms with Crippen LogP contribution in [0.25, 0.3) is 0 Å². The predicted octanol–water partition coefficient (Wildman–Crippen LogP) is 1.87. The van der Waals surface area contributed by atoms with Crippen LogP contribution in [0.3, 0.4) is 0 Å². The molecule has 0 bridgehead atoms. The van der Waals surface area contributed by atoms with Gasteiger partial charge in [-0.2, -0.15) is 0 Å². The van der Waals surface area contributed by atoms with E-state index < -0.39 is 5.41 Å². The lowest BCUT2D eigenvalue weighted by atomic mass is 9.92. The van der Waals surface area contributed by atoms with Crippen molar-refractivity contribution in [2.24, 2.45) is 11.1 Å². The molecule has 0 aliphatic heterocycles. The maximum Gasteiger partial charge on any atom is 0.227 e. The fraction of sp³-hybridized carbons (Fsp3) is 0.667. The minimum Gasteiger partial charge on any atom is -0.347 e. The predicted molar refractivity (Wildman–Crippen MR) is 70.9 cm³/mol. The van der Waals surface area contributed by atoms with E-state index in [2.05, 4.69) is 17.2 Å². The average Bonchev–Trinajstić information content (AvgIpc) is 2.77. The molecule has 0 spiro atoms. The summed E-state index contributed by atoms with van der Waals surface area (Å²) in [6.07, 6.45) is 2.85. The number of carbonyl (C=O) groups is 1. The lowest BCUT2D eigenvalue weighted by molar-refractivity contribution is -0.129. The van der Waals surface area contributed by atoms with Crippen molar-refractivity contribution in [1.29, 1.82) is 0 Å². The summed E-state index contributed by atoms with van der Waals surface area (Å²) in [4.78, 5) is 17.5. The van der Waals surface area contributed by atoms with E-state index in [1.807, 2.05) is 27.0 Å². The molecule has 0 aliphatic carbocycles. The van der Waals surface area contributed by atoms with Gasteiger partial charge in [0, 0.05) is 17.6 Å². The van der Waals surface area contributed by atoms with Gasteiger partial charge in [-0.05, 0) is 27.2 Å². The Bertz CT molecular complexity index is 387. The third-order valence-corrected chi connectivity index (χ3v) is 4.09. The second-order valence-electron chi connectivity index (χ2n) is 4.80. The molecule has 1 heterocycles. The summed E-state index contributed by atoms with van der Waals surface area (Å²) in [6, 6.07) is -0.0568. The molecular formula is C12H21N3OS. The Morgan fingerprint density at radius 2 is 2.29 bits per heavy atom. The number of hydrogen-bond donors (Lipinski definition) is 2. The monoisotopic (exact) mass is 255 g/mol. The van der Waals surface area contributed by atoms with Crippen LogP contribution in [0.15, 0.2) is 6.20 Å². The van der Waals surface area contributed by atoms with Crippen LogP contribution in [0, 0.1) is 5.41 Å². The molecule has 96 valence electrons. The molecule has 4 nitrogen and oxygen atoms in total. The first kappa shape index (κ1) is 14.1. The number of nitrogens with two attached hydrogens (primary N) is 1. The van der Waals surface area contributed by atoms with Gasteiger partial charge in [-0.15, -0.1) is 11.3 Å². The first-order chi connectivity index (χ1) is 7.90. The molecule has 0 aromatic carbocycles. The van der Waals surface area contributed by atoms with Crippen LogP contribution >= 0.6 is 11.3 Å². The molecule has 1 aromatic rings. The highest BCUT2D eigenvalue weighted by atomic mass is 32.1. The zero-order valence-corrected chi connectivity index (χ0v) is 11.7. The fourth-order valence-corrected chi connectivity index (χ4v) is 2.09. The maximum absolute atomic E-state index is 11.9. The lowest BCUT2D eigenvalue weighted by Gasteiger charge is -2.23. The van der Waals surface area contributed by atoms with Crippen LogP contribution in [-0.4, -0.2) is 17.4 Å². The fourth-order valence-electron chi connectivity index (χ4n) is 1.23. The highest BCUT2D eigenvalue weighted by Gasteiger charge is 2.27. The second-order valence-corrected chi connectivity index (χ2v) is 5.95. The Balaban J connectivity index is 2.66. The largest absolute Gasteiger partial charge is 0.347 e. The van der Waals surface area contributed by atoms with Crippen LogP contribution in [0.1, 0.15) is 43.6 Å². The second kappa shape index (κ2) is 5.60. The SMILES string of the molecule is CCc1cnc(C(C)NC(=O)C(C)(C)CN)s1. The normalized spacial score (nSPS) is 13.5. The number of thiazole rings is 1. The lowest BCUT2D eigenvalue weighted by Crippen LogP contribution is -2.42. The van der Waals surface area contributed by atoms with Crippen molar-refractivity contribution in [3.05, 3.63) is 16.1 Å². The standard InChI is InChI=1S/C12H21N3OS/c1-5-9-6-14-10(17-9)8(2)15-11(16)12(3,4)7-13/h6,8H,5,7,13H2,1-4H3,(H,15,16). The Morgan fingerprint density at radius 1 is 1.65 bits per heavy atom. The summed E-state index contributed by atoms with van der Waals surface area (Å²) in [5.74, 6) is -0.0271. The molecular weight excluding hydrogens is 234 g/mol. The molecule has 3 N–H and O–H groups in total. The number of aromatic nitrogens is 1. The van der Waals surface area contributed by atoms with Gasteiger partial charge in [0.05, 0.1) is 11.5 Å². The smallest absolute Gasteiger partial charge is 0.227 e. The van der Waals surface area contributed by atoms with E-state index in [-0.39, 0.29) is 11.9 Å². The van der Waals surface area contributed by atoms with E-state index >= 15 is 0 Å².